The van der Waals surface area contributed by atoms with E-state index in [1.165, 1.54) is 4.90 Å². The summed E-state index contributed by atoms with van der Waals surface area (Å²) in [6, 6.07) is 13.0. The van der Waals surface area contributed by atoms with Gasteiger partial charge in [-0.1, -0.05) is 0 Å². The zero-order chi connectivity index (χ0) is 13.8. The second kappa shape index (κ2) is 5.67. The first-order valence-electron chi connectivity index (χ1n) is 5.70. The van der Waals surface area contributed by atoms with Crippen molar-refractivity contribution in [1.29, 1.82) is 0 Å². The third-order valence-electron chi connectivity index (χ3n) is 2.71. The number of carbonyl (C=O) groups is 1. The summed E-state index contributed by atoms with van der Waals surface area (Å²) in [6.07, 6.45) is 2.03. The molecule has 5 heteroatoms. The quantitative estimate of drug-likeness (QED) is 0.591. The number of hydrogen-bond acceptors (Lipinski definition) is 4. The van der Waals surface area contributed by atoms with Crippen molar-refractivity contribution in [1.82, 2.24) is 0 Å². The third-order valence-corrected chi connectivity index (χ3v) is 3.45. The van der Waals surface area contributed by atoms with Gasteiger partial charge in [0.05, 0.1) is 11.4 Å². The van der Waals surface area contributed by atoms with Gasteiger partial charge in [-0.25, -0.2) is 0 Å². The third kappa shape index (κ3) is 3.20. The lowest BCUT2D eigenvalue weighted by Gasteiger charge is -2.10. The van der Waals surface area contributed by atoms with Crippen molar-refractivity contribution in [2.45, 2.75) is 4.90 Å². The molecule has 0 unspecified atom stereocenters. The molecule has 2 rings (SSSR count). The predicted molar refractivity (Wildman–Crippen MR) is 80.9 cm³/mol. The predicted octanol–water partition coefficient (Wildman–Crippen LogP) is 2.83. The first kappa shape index (κ1) is 13.3. The van der Waals surface area contributed by atoms with Crippen molar-refractivity contribution in [3.05, 3.63) is 48.0 Å². The van der Waals surface area contributed by atoms with Gasteiger partial charge in [0.25, 0.3) is 0 Å². The van der Waals surface area contributed by atoms with Gasteiger partial charge in [0.15, 0.2) is 0 Å². The minimum absolute atomic E-state index is 0.404. The minimum atomic E-state index is -0.484. The molecule has 0 atom stereocenters. The average Bonchev–Trinajstić information content (AvgIpc) is 2.41. The molecule has 4 nitrogen and oxygen atoms in total. The van der Waals surface area contributed by atoms with E-state index in [9.17, 15) is 4.79 Å². The topological polar surface area (TPSA) is 81.1 Å². The van der Waals surface area contributed by atoms with Crippen molar-refractivity contribution >= 4 is 34.7 Å². The molecule has 0 radical (unpaired) electrons. The number of benzene rings is 2. The van der Waals surface area contributed by atoms with Crippen LogP contribution in [0.2, 0.25) is 0 Å². The Labute approximate surface area is 116 Å². The lowest BCUT2D eigenvalue weighted by molar-refractivity contribution is 0.100. The molecule has 0 aliphatic heterocycles. The summed E-state index contributed by atoms with van der Waals surface area (Å²) in [7, 11) is 0. The highest BCUT2D eigenvalue weighted by molar-refractivity contribution is 7.98. The lowest BCUT2D eigenvalue weighted by Crippen LogP contribution is -2.11. The van der Waals surface area contributed by atoms with Gasteiger partial charge in [-0.3, -0.25) is 4.79 Å². The smallest absolute Gasteiger partial charge is 0.248 e. The number of carbonyl (C=O) groups excluding carboxylic acids is 1. The van der Waals surface area contributed by atoms with Gasteiger partial charge in [0.1, 0.15) is 0 Å². The van der Waals surface area contributed by atoms with Gasteiger partial charge < -0.3 is 16.8 Å². The molecule has 0 aliphatic carbocycles. The fraction of sp³-hybridized carbons (Fsp3) is 0.0714. The molecule has 5 N–H and O–H groups in total. The van der Waals surface area contributed by atoms with Crippen molar-refractivity contribution in [2.24, 2.45) is 5.73 Å². The number of thioether (sulfide) groups is 1. The molecule has 0 heterocycles. The van der Waals surface area contributed by atoms with Gasteiger partial charge in [0.2, 0.25) is 5.91 Å². The fourth-order valence-corrected chi connectivity index (χ4v) is 2.07. The first-order chi connectivity index (χ1) is 9.10. The molecule has 2 aromatic carbocycles. The standard InChI is InChI=1S/C14H15N3OS/c1-19-11-5-3-10(4-6-11)17-13-7-2-9(14(16)18)8-12(13)15/h2-8,17H,15H2,1H3,(H2,16,18). The average molecular weight is 273 g/mol. The van der Waals surface area contributed by atoms with E-state index in [1.54, 1.807) is 30.0 Å². The summed E-state index contributed by atoms with van der Waals surface area (Å²) >= 11 is 1.69. The van der Waals surface area contributed by atoms with Crippen LogP contribution in [0.4, 0.5) is 17.1 Å². The van der Waals surface area contributed by atoms with Crippen LogP contribution in [0, 0.1) is 0 Å². The Balaban J connectivity index is 2.20. The maximum absolute atomic E-state index is 11.0. The molecular formula is C14H15N3OS. The van der Waals surface area contributed by atoms with Crippen LogP contribution in [0.15, 0.2) is 47.4 Å². The van der Waals surface area contributed by atoms with Crippen LogP contribution in [0.5, 0.6) is 0 Å². The molecule has 19 heavy (non-hydrogen) atoms. The van der Waals surface area contributed by atoms with E-state index in [-0.39, 0.29) is 0 Å². The number of rotatable bonds is 4. The number of anilines is 3. The number of primary amides is 1. The molecule has 98 valence electrons. The Morgan fingerprint density at radius 3 is 2.37 bits per heavy atom. The summed E-state index contributed by atoms with van der Waals surface area (Å²) in [5, 5.41) is 3.20. The van der Waals surface area contributed by atoms with Gasteiger partial charge in [0, 0.05) is 16.1 Å². The largest absolute Gasteiger partial charge is 0.397 e. The van der Waals surface area contributed by atoms with E-state index in [0.29, 0.717) is 11.3 Å². The van der Waals surface area contributed by atoms with Crippen LogP contribution in [-0.4, -0.2) is 12.2 Å². The van der Waals surface area contributed by atoms with Crippen molar-refractivity contribution < 1.29 is 4.79 Å². The molecule has 2 aromatic rings. The number of amides is 1. The molecule has 0 spiro atoms. The highest BCUT2D eigenvalue weighted by Crippen LogP contribution is 2.25. The van der Waals surface area contributed by atoms with E-state index in [4.69, 9.17) is 11.5 Å². The van der Waals surface area contributed by atoms with Crippen molar-refractivity contribution in [3.8, 4) is 0 Å². The van der Waals surface area contributed by atoms with Gasteiger partial charge in [-0.05, 0) is 48.7 Å². The lowest BCUT2D eigenvalue weighted by atomic mass is 10.1. The minimum Gasteiger partial charge on any atom is -0.397 e. The molecule has 1 amide bonds. The van der Waals surface area contributed by atoms with Crippen LogP contribution in [0.25, 0.3) is 0 Å². The summed E-state index contributed by atoms with van der Waals surface area (Å²) in [6.45, 7) is 0. The zero-order valence-corrected chi connectivity index (χ0v) is 11.3. The van der Waals surface area contributed by atoms with Crippen molar-refractivity contribution in [2.75, 3.05) is 17.3 Å². The van der Waals surface area contributed by atoms with E-state index in [1.807, 2.05) is 30.5 Å². The molecular weight excluding hydrogens is 258 g/mol. The summed E-state index contributed by atoms with van der Waals surface area (Å²) in [5.41, 5.74) is 13.7. The maximum Gasteiger partial charge on any atom is 0.248 e. The maximum atomic E-state index is 11.0. The normalized spacial score (nSPS) is 10.2. The van der Waals surface area contributed by atoms with Gasteiger partial charge in [-0.2, -0.15) is 0 Å². The Bertz CT molecular complexity index is 596. The summed E-state index contributed by atoms with van der Waals surface area (Å²) in [5.74, 6) is -0.484. The van der Waals surface area contributed by atoms with Crippen LogP contribution < -0.4 is 16.8 Å². The Morgan fingerprint density at radius 2 is 1.84 bits per heavy atom. The van der Waals surface area contributed by atoms with Crippen LogP contribution in [0.1, 0.15) is 10.4 Å². The number of nitrogens with one attached hydrogen (secondary N) is 1. The molecule has 0 saturated carbocycles. The second-order valence-electron chi connectivity index (χ2n) is 4.02. The van der Waals surface area contributed by atoms with E-state index in [2.05, 4.69) is 5.32 Å². The molecule has 0 fully saturated rings. The van der Waals surface area contributed by atoms with Crippen LogP contribution in [0.3, 0.4) is 0 Å². The van der Waals surface area contributed by atoms with Crippen LogP contribution in [-0.2, 0) is 0 Å². The fourth-order valence-electron chi connectivity index (χ4n) is 1.66. The van der Waals surface area contributed by atoms with Crippen LogP contribution >= 0.6 is 11.8 Å². The first-order valence-corrected chi connectivity index (χ1v) is 6.93. The molecule has 0 aromatic heterocycles. The van der Waals surface area contributed by atoms with E-state index < -0.39 is 5.91 Å². The SMILES string of the molecule is CSc1ccc(Nc2ccc(C(N)=O)cc2N)cc1. The highest BCUT2D eigenvalue weighted by Gasteiger charge is 2.05. The van der Waals surface area contributed by atoms with E-state index in [0.717, 1.165) is 11.4 Å². The summed E-state index contributed by atoms with van der Waals surface area (Å²) < 4.78 is 0. The highest BCUT2D eigenvalue weighted by atomic mass is 32.2. The molecule has 0 aliphatic rings. The second-order valence-corrected chi connectivity index (χ2v) is 4.90. The molecule has 0 saturated heterocycles. The van der Waals surface area contributed by atoms with Gasteiger partial charge >= 0.3 is 0 Å². The van der Waals surface area contributed by atoms with Crippen molar-refractivity contribution in [3.63, 3.8) is 0 Å². The Hall–Kier alpha value is -2.14. The Morgan fingerprint density at radius 1 is 1.16 bits per heavy atom. The number of hydrogen-bond donors (Lipinski definition) is 3. The number of nitrogens with two attached hydrogens (primary N) is 2. The number of nitrogen functional groups attached to an aromatic ring is 1. The van der Waals surface area contributed by atoms with E-state index >= 15 is 0 Å². The summed E-state index contributed by atoms with van der Waals surface area (Å²) in [4.78, 5) is 12.2. The van der Waals surface area contributed by atoms with Gasteiger partial charge in [-0.15, -0.1) is 11.8 Å². The monoisotopic (exact) mass is 273 g/mol. The Kier molecular flexibility index (Phi) is 3.97. The molecule has 0 bridgehead atoms. The zero-order valence-electron chi connectivity index (χ0n) is 10.5.